The molecule has 1 aliphatic rings. The molecule has 0 aliphatic carbocycles. The van der Waals surface area contributed by atoms with Crippen LogP contribution >= 0.6 is 11.6 Å². The van der Waals surface area contributed by atoms with E-state index in [1.165, 1.54) is 11.2 Å². The number of ether oxygens (including phenoxy) is 2. The quantitative estimate of drug-likeness (QED) is 0.314. The minimum atomic E-state index is -0.365. The van der Waals surface area contributed by atoms with Gasteiger partial charge in [-0.3, -0.25) is 4.79 Å². The maximum Gasteiger partial charge on any atom is 0.284 e. The molecule has 1 aromatic heterocycles. The molecule has 3 aromatic rings. The van der Waals surface area contributed by atoms with E-state index >= 15 is 0 Å². The van der Waals surface area contributed by atoms with Crippen molar-refractivity contribution in [3.05, 3.63) is 82.8 Å². The van der Waals surface area contributed by atoms with Crippen LogP contribution in [0.2, 0.25) is 5.02 Å². The van der Waals surface area contributed by atoms with Gasteiger partial charge >= 0.3 is 0 Å². The van der Waals surface area contributed by atoms with Crippen LogP contribution in [-0.2, 0) is 9.63 Å². The lowest BCUT2D eigenvalue weighted by atomic mass is 10.0. The van der Waals surface area contributed by atoms with E-state index in [1.807, 2.05) is 31.2 Å². The fourth-order valence-corrected chi connectivity index (χ4v) is 3.68. The first kappa shape index (κ1) is 23.4. The van der Waals surface area contributed by atoms with Gasteiger partial charge in [-0.05, 0) is 55.0 Å². The highest BCUT2D eigenvalue weighted by Gasteiger charge is 2.35. The predicted molar refractivity (Wildman–Crippen MR) is 129 cm³/mol. The maximum atomic E-state index is 12.9. The summed E-state index contributed by atoms with van der Waals surface area (Å²) >= 11 is 6.00. The van der Waals surface area contributed by atoms with E-state index in [-0.39, 0.29) is 18.6 Å². The summed E-state index contributed by atoms with van der Waals surface area (Å²) in [6.07, 6.45) is 3.59. The van der Waals surface area contributed by atoms with E-state index in [0.29, 0.717) is 35.3 Å². The third kappa shape index (κ3) is 5.40. The minimum absolute atomic E-state index is 0.279. The molecule has 1 unspecified atom stereocenters. The molecule has 2 heterocycles. The van der Waals surface area contributed by atoms with Crippen molar-refractivity contribution < 1.29 is 23.5 Å². The molecule has 1 atom stereocenters. The van der Waals surface area contributed by atoms with E-state index < -0.39 is 0 Å². The van der Waals surface area contributed by atoms with Crippen molar-refractivity contribution in [2.75, 3.05) is 20.3 Å². The number of oxime groups is 1. The summed E-state index contributed by atoms with van der Waals surface area (Å²) in [5.41, 5.74) is 2.39. The van der Waals surface area contributed by atoms with Crippen molar-refractivity contribution in [2.45, 2.75) is 19.4 Å². The zero-order valence-electron chi connectivity index (χ0n) is 18.8. The lowest BCUT2D eigenvalue weighted by molar-refractivity contribution is -0.138. The number of carbonyl (C=O) groups excluding carboxylic acids is 1. The van der Waals surface area contributed by atoms with Gasteiger partial charge in [0.1, 0.15) is 11.8 Å². The molecule has 0 N–H and O–H groups in total. The average Bonchev–Trinajstić information content (AvgIpc) is 3.53. The Morgan fingerprint density at radius 1 is 1.24 bits per heavy atom. The molecular formula is C25H24ClN3O5. The van der Waals surface area contributed by atoms with Gasteiger partial charge in [0.25, 0.3) is 5.91 Å². The molecule has 2 aromatic carbocycles. The number of hydrogen-bond donors (Lipinski definition) is 0. The number of methoxy groups -OCH3 is 1. The zero-order chi connectivity index (χ0) is 23.9. The highest BCUT2D eigenvalue weighted by molar-refractivity contribution is 6.30. The lowest BCUT2D eigenvalue weighted by Crippen LogP contribution is -2.29. The molecule has 9 heteroatoms. The second-order valence-electron chi connectivity index (χ2n) is 7.38. The van der Waals surface area contributed by atoms with E-state index in [1.54, 1.807) is 43.7 Å². The maximum absolute atomic E-state index is 12.9. The number of rotatable bonds is 9. The summed E-state index contributed by atoms with van der Waals surface area (Å²) in [7, 11) is 1.57. The van der Waals surface area contributed by atoms with Crippen LogP contribution in [-0.4, -0.2) is 43.2 Å². The molecule has 1 aliphatic heterocycles. The van der Waals surface area contributed by atoms with Crippen molar-refractivity contribution in [3.63, 3.8) is 0 Å². The molecule has 0 saturated carbocycles. The number of halogens is 1. The van der Waals surface area contributed by atoms with E-state index in [9.17, 15) is 4.79 Å². The van der Waals surface area contributed by atoms with Crippen LogP contribution in [0.5, 0.6) is 11.5 Å². The monoisotopic (exact) mass is 481 g/mol. The predicted octanol–water partition coefficient (Wildman–Crippen LogP) is 5.07. The summed E-state index contributed by atoms with van der Waals surface area (Å²) in [6.45, 7) is 2.16. The van der Waals surface area contributed by atoms with Gasteiger partial charge in [0, 0.05) is 17.0 Å². The minimum Gasteiger partial charge on any atom is -0.493 e. The van der Waals surface area contributed by atoms with Gasteiger partial charge in [-0.15, -0.1) is 0 Å². The Labute approximate surface area is 202 Å². The van der Waals surface area contributed by atoms with Crippen LogP contribution in [0.25, 0.3) is 0 Å². The molecule has 0 fully saturated rings. The molecule has 4 rings (SSSR count). The van der Waals surface area contributed by atoms with Crippen molar-refractivity contribution in [3.8, 4) is 11.5 Å². The largest absolute Gasteiger partial charge is 0.493 e. The number of furan rings is 1. The Balaban J connectivity index is 1.43. The average molecular weight is 482 g/mol. The van der Waals surface area contributed by atoms with Crippen molar-refractivity contribution in [1.82, 2.24) is 5.01 Å². The molecule has 1 amide bonds. The Morgan fingerprint density at radius 3 is 2.76 bits per heavy atom. The lowest BCUT2D eigenvalue weighted by Gasteiger charge is -2.19. The summed E-state index contributed by atoms with van der Waals surface area (Å²) in [5, 5.41) is 10.5. The normalized spacial score (nSPS) is 15.4. The summed E-state index contributed by atoms with van der Waals surface area (Å²) in [6, 6.07) is 16.0. The van der Waals surface area contributed by atoms with Crippen LogP contribution in [0.4, 0.5) is 0 Å². The van der Waals surface area contributed by atoms with Crippen molar-refractivity contribution in [2.24, 2.45) is 10.3 Å². The Morgan fingerprint density at radius 2 is 2.06 bits per heavy atom. The number of hydrogen-bond acceptors (Lipinski definition) is 7. The van der Waals surface area contributed by atoms with E-state index in [0.717, 1.165) is 16.8 Å². The van der Waals surface area contributed by atoms with Crippen LogP contribution in [0.15, 0.2) is 75.5 Å². The number of hydrazone groups is 1. The van der Waals surface area contributed by atoms with Crippen molar-refractivity contribution in [1.29, 1.82) is 0 Å². The fraction of sp³-hybridized carbons (Fsp3) is 0.240. The number of nitrogens with zero attached hydrogens (tertiary/aromatic N) is 3. The third-order valence-corrected chi connectivity index (χ3v) is 5.42. The second kappa shape index (κ2) is 10.9. The van der Waals surface area contributed by atoms with E-state index in [4.69, 9.17) is 30.3 Å². The van der Waals surface area contributed by atoms with Crippen molar-refractivity contribution >= 4 is 29.4 Å². The van der Waals surface area contributed by atoms with Crippen LogP contribution in [0.1, 0.15) is 36.3 Å². The first-order valence-electron chi connectivity index (χ1n) is 10.7. The Bertz CT molecular complexity index is 1180. The highest BCUT2D eigenvalue weighted by atomic mass is 35.5. The van der Waals surface area contributed by atoms with Crippen LogP contribution < -0.4 is 9.47 Å². The summed E-state index contributed by atoms with van der Waals surface area (Å²) in [5.74, 6) is 1.53. The van der Waals surface area contributed by atoms with Gasteiger partial charge in [-0.25, -0.2) is 5.01 Å². The smallest absolute Gasteiger partial charge is 0.284 e. The molecule has 176 valence electrons. The summed E-state index contributed by atoms with van der Waals surface area (Å²) < 4.78 is 16.4. The van der Waals surface area contributed by atoms with Gasteiger partial charge in [0.15, 0.2) is 18.1 Å². The Kier molecular flexibility index (Phi) is 7.49. The Hall–Kier alpha value is -3.78. The summed E-state index contributed by atoms with van der Waals surface area (Å²) in [4.78, 5) is 18.2. The first-order chi connectivity index (χ1) is 16.6. The fourth-order valence-electron chi connectivity index (χ4n) is 3.56. The molecule has 0 radical (unpaired) electrons. The number of amides is 1. The molecule has 8 nitrogen and oxygen atoms in total. The van der Waals surface area contributed by atoms with Gasteiger partial charge < -0.3 is 18.7 Å². The van der Waals surface area contributed by atoms with Crippen LogP contribution in [0.3, 0.4) is 0 Å². The number of carbonyl (C=O) groups is 1. The molecule has 0 saturated heterocycles. The van der Waals surface area contributed by atoms with Gasteiger partial charge in [0.05, 0.1) is 31.9 Å². The standard InChI is InChI=1S/C25H24ClN3O5/c1-3-32-23-11-6-17(13-24(23)31-2)15-27-34-16-25(30)29-21(22-5-4-12-33-22)14-20(28-29)18-7-9-19(26)10-8-18/h4-13,15,21H,3,14,16H2,1-2H3/b27-15+. The second-order valence-corrected chi connectivity index (χ2v) is 7.81. The third-order valence-electron chi connectivity index (χ3n) is 5.17. The van der Waals surface area contributed by atoms with Gasteiger partial charge in [-0.1, -0.05) is 28.9 Å². The van der Waals surface area contributed by atoms with Gasteiger partial charge in [0.2, 0.25) is 0 Å². The molecule has 34 heavy (non-hydrogen) atoms. The van der Waals surface area contributed by atoms with Crippen LogP contribution in [0, 0.1) is 0 Å². The van der Waals surface area contributed by atoms with E-state index in [2.05, 4.69) is 10.3 Å². The molecule has 0 spiro atoms. The highest BCUT2D eigenvalue weighted by Crippen LogP contribution is 2.33. The van der Waals surface area contributed by atoms with Gasteiger partial charge in [-0.2, -0.15) is 5.10 Å². The molecule has 0 bridgehead atoms. The SMILES string of the molecule is CCOc1ccc(/C=N/OCC(=O)N2N=C(c3ccc(Cl)cc3)CC2c2ccco2)cc1OC. The first-order valence-corrected chi connectivity index (χ1v) is 11.1. The zero-order valence-corrected chi connectivity index (χ0v) is 19.6. The number of benzene rings is 2. The molecular weight excluding hydrogens is 458 g/mol. The topological polar surface area (TPSA) is 85.9 Å².